The molecule has 0 atom stereocenters. The Balaban J connectivity index is 0.00000144. The Labute approximate surface area is 90.6 Å². The average Bonchev–Trinajstić information content (AvgIpc) is 2.00. The van der Waals surface area contributed by atoms with Crippen molar-refractivity contribution in [3.05, 3.63) is 23.3 Å². The van der Waals surface area contributed by atoms with Gasteiger partial charge in [-0.25, -0.2) is 0 Å². The molecule has 1 radical (unpaired) electrons. The zero-order valence-corrected chi connectivity index (χ0v) is 9.47. The number of benzene rings is 1. The molecule has 1 N–H and O–H groups in total. The fourth-order valence-corrected chi connectivity index (χ4v) is 1.18. The first-order chi connectivity index (χ1) is 5.65. The maximum Gasteiger partial charge on any atom is 0.144 e. The van der Waals surface area contributed by atoms with E-state index in [1.807, 2.05) is 32.9 Å². The molecule has 13 heavy (non-hydrogen) atoms. The first-order valence-electron chi connectivity index (χ1n) is 3.94. The standard InChI is InChI=1S/C10H13NO.V/c1-4-11-9-6-7(2)5-8(3)10(9)12;/h4-6,12H,1-3H3;. The summed E-state index contributed by atoms with van der Waals surface area (Å²) in [6.07, 6.45) is 1.67. The summed E-state index contributed by atoms with van der Waals surface area (Å²) in [6.45, 7) is 5.69. The van der Waals surface area contributed by atoms with Gasteiger partial charge in [0.2, 0.25) is 0 Å². The van der Waals surface area contributed by atoms with E-state index in [9.17, 15) is 5.11 Å². The van der Waals surface area contributed by atoms with Crippen LogP contribution in [-0.2, 0) is 18.6 Å². The van der Waals surface area contributed by atoms with Crippen LogP contribution in [-0.4, -0.2) is 11.3 Å². The summed E-state index contributed by atoms with van der Waals surface area (Å²) in [7, 11) is 0. The van der Waals surface area contributed by atoms with Crippen LogP contribution in [0.2, 0.25) is 0 Å². The molecule has 0 amide bonds. The number of hydrogen-bond acceptors (Lipinski definition) is 2. The molecule has 0 bridgehead atoms. The van der Waals surface area contributed by atoms with E-state index in [2.05, 4.69) is 4.99 Å². The summed E-state index contributed by atoms with van der Waals surface area (Å²) < 4.78 is 0. The maximum atomic E-state index is 9.54. The topological polar surface area (TPSA) is 32.6 Å². The third-order valence-corrected chi connectivity index (χ3v) is 1.69. The fourth-order valence-electron chi connectivity index (χ4n) is 1.18. The van der Waals surface area contributed by atoms with Crippen molar-refractivity contribution in [2.24, 2.45) is 4.99 Å². The quantitative estimate of drug-likeness (QED) is 0.716. The summed E-state index contributed by atoms with van der Waals surface area (Å²) in [5, 5.41) is 9.54. The molecule has 0 aromatic heterocycles. The SMILES string of the molecule is CC=Nc1cc(C)cc(C)c1O.[V]. The number of phenolic OH excluding ortho intramolecular Hbond substituents is 1. The van der Waals surface area contributed by atoms with Gasteiger partial charge in [0.1, 0.15) is 11.4 Å². The molecule has 0 spiro atoms. The monoisotopic (exact) mass is 214 g/mol. The molecule has 0 saturated carbocycles. The Bertz CT molecular complexity index is 321. The molecular weight excluding hydrogens is 201 g/mol. The van der Waals surface area contributed by atoms with E-state index in [1.54, 1.807) is 6.21 Å². The Morgan fingerprint density at radius 3 is 2.46 bits per heavy atom. The van der Waals surface area contributed by atoms with Crippen LogP contribution in [0.15, 0.2) is 17.1 Å². The van der Waals surface area contributed by atoms with Gasteiger partial charge in [0.25, 0.3) is 0 Å². The van der Waals surface area contributed by atoms with E-state index in [-0.39, 0.29) is 24.3 Å². The van der Waals surface area contributed by atoms with Gasteiger partial charge in [-0.2, -0.15) is 0 Å². The Morgan fingerprint density at radius 1 is 1.31 bits per heavy atom. The van der Waals surface area contributed by atoms with Gasteiger partial charge in [-0.15, -0.1) is 0 Å². The summed E-state index contributed by atoms with van der Waals surface area (Å²) in [6, 6.07) is 3.80. The van der Waals surface area contributed by atoms with Crippen molar-refractivity contribution < 1.29 is 23.7 Å². The first-order valence-corrected chi connectivity index (χ1v) is 3.94. The first kappa shape index (κ1) is 12.3. The molecule has 3 heteroatoms. The van der Waals surface area contributed by atoms with Crippen LogP contribution in [0.25, 0.3) is 0 Å². The Hall–Kier alpha value is -0.726. The molecule has 69 valence electrons. The predicted molar refractivity (Wildman–Crippen MR) is 51.4 cm³/mol. The molecule has 0 aliphatic heterocycles. The normalized spacial score (nSPS) is 10.1. The Kier molecular flexibility index (Phi) is 4.82. The van der Waals surface area contributed by atoms with Crippen LogP contribution in [0.5, 0.6) is 5.75 Å². The number of phenols is 1. The third kappa shape index (κ3) is 2.90. The van der Waals surface area contributed by atoms with Crippen LogP contribution in [0.1, 0.15) is 18.1 Å². The molecule has 2 nitrogen and oxygen atoms in total. The van der Waals surface area contributed by atoms with Gasteiger partial charge in [0.15, 0.2) is 0 Å². The van der Waals surface area contributed by atoms with Crippen molar-refractivity contribution in [2.45, 2.75) is 20.8 Å². The second-order valence-corrected chi connectivity index (χ2v) is 2.84. The molecule has 0 aliphatic carbocycles. The smallest absolute Gasteiger partial charge is 0.144 e. The predicted octanol–water partition coefficient (Wildman–Crippen LogP) is 2.73. The fraction of sp³-hybridized carbons (Fsp3) is 0.300. The molecular formula is C10H13NOV. The molecule has 1 aromatic rings. The van der Waals surface area contributed by atoms with Gasteiger partial charge in [-0.05, 0) is 38.0 Å². The van der Waals surface area contributed by atoms with Crippen LogP contribution >= 0.6 is 0 Å². The van der Waals surface area contributed by atoms with E-state index in [0.717, 1.165) is 11.1 Å². The molecule has 0 aliphatic rings. The maximum absolute atomic E-state index is 9.54. The summed E-state index contributed by atoms with van der Waals surface area (Å²) in [5.74, 6) is 0.277. The number of aryl methyl sites for hydroxylation is 2. The molecule has 1 aromatic carbocycles. The second-order valence-electron chi connectivity index (χ2n) is 2.84. The number of aliphatic imine (C=N–C) groups is 1. The van der Waals surface area contributed by atoms with Crippen molar-refractivity contribution in [1.29, 1.82) is 0 Å². The van der Waals surface area contributed by atoms with Crippen molar-refractivity contribution >= 4 is 11.9 Å². The second kappa shape index (κ2) is 5.10. The molecule has 1 rings (SSSR count). The van der Waals surface area contributed by atoms with Crippen LogP contribution in [0.4, 0.5) is 5.69 Å². The van der Waals surface area contributed by atoms with Gasteiger partial charge < -0.3 is 5.11 Å². The number of hydrogen-bond donors (Lipinski definition) is 1. The minimum Gasteiger partial charge on any atom is -0.505 e. The van der Waals surface area contributed by atoms with Gasteiger partial charge in [0, 0.05) is 24.8 Å². The summed E-state index contributed by atoms with van der Waals surface area (Å²) >= 11 is 0. The number of nitrogens with zero attached hydrogens (tertiary/aromatic N) is 1. The van der Waals surface area contributed by atoms with Gasteiger partial charge >= 0.3 is 0 Å². The van der Waals surface area contributed by atoms with E-state index >= 15 is 0 Å². The van der Waals surface area contributed by atoms with Crippen LogP contribution in [0.3, 0.4) is 0 Å². The van der Waals surface area contributed by atoms with Crippen molar-refractivity contribution in [1.82, 2.24) is 0 Å². The molecule has 0 fully saturated rings. The van der Waals surface area contributed by atoms with Crippen molar-refractivity contribution in [3.63, 3.8) is 0 Å². The third-order valence-electron chi connectivity index (χ3n) is 1.69. The van der Waals surface area contributed by atoms with Gasteiger partial charge in [0.05, 0.1) is 0 Å². The molecule has 0 saturated heterocycles. The average molecular weight is 214 g/mol. The largest absolute Gasteiger partial charge is 0.505 e. The number of aromatic hydroxyl groups is 1. The summed E-state index contributed by atoms with van der Waals surface area (Å²) in [4.78, 5) is 4.05. The van der Waals surface area contributed by atoms with Crippen LogP contribution < -0.4 is 0 Å². The zero-order chi connectivity index (χ0) is 9.14. The van der Waals surface area contributed by atoms with Gasteiger partial charge in [-0.3, -0.25) is 4.99 Å². The minimum absolute atomic E-state index is 0. The van der Waals surface area contributed by atoms with Gasteiger partial charge in [-0.1, -0.05) is 6.07 Å². The molecule has 0 unspecified atom stereocenters. The van der Waals surface area contributed by atoms with Crippen LogP contribution in [0, 0.1) is 13.8 Å². The number of rotatable bonds is 1. The Morgan fingerprint density at radius 2 is 1.92 bits per heavy atom. The summed E-state index contributed by atoms with van der Waals surface area (Å²) in [5.41, 5.74) is 2.64. The zero-order valence-electron chi connectivity index (χ0n) is 8.07. The van der Waals surface area contributed by atoms with E-state index in [1.165, 1.54) is 0 Å². The molecule has 0 heterocycles. The van der Waals surface area contributed by atoms with E-state index in [4.69, 9.17) is 0 Å². The van der Waals surface area contributed by atoms with Crippen molar-refractivity contribution in [2.75, 3.05) is 0 Å². The minimum atomic E-state index is 0. The van der Waals surface area contributed by atoms with E-state index in [0.29, 0.717) is 5.69 Å². The van der Waals surface area contributed by atoms with Crippen molar-refractivity contribution in [3.8, 4) is 5.75 Å². The van der Waals surface area contributed by atoms with E-state index < -0.39 is 0 Å².